The lowest BCUT2D eigenvalue weighted by Gasteiger charge is -2.32. The third-order valence-electron chi connectivity index (χ3n) is 6.99. The molecular formula is C28H34N4O3S. The number of ether oxygens (including phenoxy) is 1. The van der Waals surface area contributed by atoms with Gasteiger partial charge < -0.3 is 19.4 Å². The summed E-state index contributed by atoms with van der Waals surface area (Å²) < 4.78 is 11.4. The molecule has 3 heterocycles. The van der Waals surface area contributed by atoms with Crippen LogP contribution < -0.4 is 10.2 Å². The maximum absolute atomic E-state index is 12.5. The minimum absolute atomic E-state index is 0.105. The number of hydrogen-bond acceptors (Lipinski definition) is 7. The van der Waals surface area contributed by atoms with Gasteiger partial charge in [0.05, 0.1) is 17.6 Å². The van der Waals surface area contributed by atoms with Crippen molar-refractivity contribution in [3.8, 4) is 11.3 Å². The Morgan fingerprint density at radius 1 is 1.06 bits per heavy atom. The third kappa shape index (κ3) is 6.28. The molecule has 1 atom stereocenters. The van der Waals surface area contributed by atoms with Gasteiger partial charge in [0.25, 0.3) is 5.91 Å². The standard InChI is InChI=1S/C28H34N4O3S/c1-32(21-11-6-3-7-12-21)26-17-24(20-9-4-2-5-10-20)30-28(31-26)36-19-23-14-15-25(35-23)27(33)29-18-22-13-8-16-34-22/h2,4-5,9-10,14-15,17,21-22H,3,6-8,11-13,16,18-19H2,1H3,(H,29,33). The highest BCUT2D eigenvalue weighted by Gasteiger charge is 2.21. The first-order chi connectivity index (χ1) is 17.7. The van der Waals surface area contributed by atoms with E-state index in [0.717, 1.165) is 42.3 Å². The lowest BCUT2D eigenvalue weighted by molar-refractivity contribution is 0.0834. The number of carbonyl (C=O) groups excluding carboxylic acids is 1. The van der Waals surface area contributed by atoms with E-state index >= 15 is 0 Å². The predicted octanol–water partition coefficient (Wildman–Crippen LogP) is 5.71. The van der Waals surface area contributed by atoms with Gasteiger partial charge in [-0.25, -0.2) is 9.97 Å². The molecule has 1 N–H and O–H groups in total. The van der Waals surface area contributed by atoms with E-state index < -0.39 is 0 Å². The van der Waals surface area contributed by atoms with Crippen LogP contribution in [0.4, 0.5) is 5.82 Å². The van der Waals surface area contributed by atoms with Gasteiger partial charge in [-0.3, -0.25) is 4.79 Å². The fraction of sp³-hybridized carbons (Fsp3) is 0.464. The van der Waals surface area contributed by atoms with E-state index in [1.807, 2.05) is 24.3 Å². The highest BCUT2D eigenvalue weighted by molar-refractivity contribution is 7.98. The van der Waals surface area contributed by atoms with Gasteiger partial charge in [-0.2, -0.15) is 0 Å². The Morgan fingerprint density at radius 2 is 1.89 bits per heavy atom. The molecule has 1 saturated heterocycles. The van der Waals surface area contributed by atoms with Gasteiger partial charge in [-0.15, -0.1) is 0 Å². The van der Waals surface area contributed by atoms with Gasteiger partial charge in [-0.05, 0) is 37.8 Å². The molecule has 1 aromatic carbocycles. The zero-order valence-electron chi connectivity index (χ0n) is 20.8. The zero-order chi connectivity index (χ0) is 24.7. The first-order valence-corrected chi connectivity index (χ1v) is 13.9. The molecule has 0 bridgehead atoms. The average molecular weight is 507 g/mol. The molecule has 0 spiro atoms. The molecule has 2 aromatic heterocycles. The monoisotopic (exact) mass is 506 g/mol. The molecular weight excluding hydrogens is 472 g/mol. The molecule has 1 aliphatic heterocycles. The second kappa shape index (κ2) is 11.9. The van der Waals surface area contributed by atoms with Crippen LogP contribution in [0.5, 0.6) is 0 Å². The lowest BCUT2D eigenvalue weighted by Crippen LogP contribution is -2.34. The van der Waals surface area contributed by atoms with Crippen LogP contribution in [-0.4, -0.2) is 48.2 Å². The van der Waals surface area contributed by atoms with E-state index in [1.54, 1.807) is 6.07 Å². The van der Waals surface area contributed by atoms with Gasteiger partial charge in [0.2, 0.25) is 0 Å². The number of hydrogen-bond donors (Lipinski definition) is 1. The molecule has 8 heteroatoms. The van der Waals surface area contributed by atoms with E-state index in [2.05, 4.69) is 35.5 Å². The Labute approximate surface area is 217 Å². The smallest absolute Gasteiger partial charge is 0.287 e. The number of anilines is 1. The highest BCUT2D eigenvalue weighted by atomic mass is 32.2. The zero-order valence-corrected chi connectivity index (χ0v) is 21.6. The van der Waals surface area contributed by atoms with E-state index in [4.69, 9.17) is 19.1 Å². The van der Waals surface area contributed by atoms with Gasteiger partial charge in [-0.1, -0.05) is 61.4 Å². The second-order valence-corrected chi connectivity index (χ2v) is 10.5. The quantitative estimate of drug-likeness (QED) is 0.294. The number of nitrogens with one attached hydrogen (secondary N) is 1. The van der Waals surface area contributed by atoms with Crippen molar-refractivity contribution in [2.24, 2.45) is 0 Å². The Kier molecular flexibility index (Phi) is 8.23. The van der Waals surface area contributed by atoms with Crippen LogP contribution in [0.1, 0.15) is 61.3 Å². The van der Waals surface area contributed by atoms with Crippen LogP contribution in [0.15, 0.2) is 58.1 Å². The van der Waals surface area contributed by atoms with Crippen molar-refractivity contribution in [2.75, 3.05) is 25.1 Å². The molecule has 36 heavy (non-hydrogen) atoms. The van der Waals surface area contributed by atoms with Crippen LogP contribution in [0.3, 0.4) is 0 Å². The Hall–Kier alpha value is -2.84. The van der Waals surface area contributed by atoms with Crippen molar-refractivity contribution in [3.63, 3.8) is 0 Å². The van der Waals surface area contributed by atoms with Crippen LogP contribution in [0.2, 0.25) is 0 Å². The largest absolute Gasteiger partial charge is 0.455 e. The van der Waals surface area contributed by atoms with Crippen molar-refractivity contribution >= 4 is 23.5 Å². The van der Waals surface area contributed by atoms with E-state index in [0.29, 0.717) is 29.3 Å². The average Bonchev–Trinajstić information content (AvgIpc) is 3.64. The molecule has 1 unspecified atom stereocenters. The topological polar surface area (TPSA) is 80.5 Å². The number of thioether (sulfide) groups is 1. The molecule has 1 aliphatic carbocycles. The Morgan fingerprint density at radius 3 is 2.67 bits per heavy atom. The molecule has 0 radical (unpaired) electrons. The van der Waals surface area contributed by atoms with E-state index in [-0.39, 0.29) is 12.0 Å². The van der Waals surface area contributed by atoms with Gasteiger partial charge in [0.15, 0.2) is 10.9 Å². The maximum Gasteiger partial charge on any atom is 0.287 e. The second-order valence-electron chi connectivity index (χ2n) is 9.56. The molecule has 190 valence electrons. The summed E-state index contributed by atoms with van der Waals surface area (Å²) in [5.74, 6) is 2.33. The first-order valence-electron chi connectivity index (χ1n) is 12.9. The number of benzene rings is 1. The van der Waals surface area contributed by atoms with Gasteiger partial charge in [0.1, 0.15) is 11.6 Å². The number of nitrogens with zero attached hydrogens (tertiary/aromatic N) is 3. The number of carbonyl (C=O) groups is 1. The lowest BCUT2D eigenvalue weighted by atomic mass is 9.94. The Bertz CT molecular complexity index is 1140. The number of rotatable bonds is 9. The van der Waals surface area contributed by atoms with Gasteiger partial charge in [0, 0.05) is 37.9 Å². The fourth-order valence-corrected chi connectivity index (χ4v) is 5.63. The molecule has 7 nitrogen and oxygen atoms in total. The Balaban J connectivity index is 1.28. The molecule has 3 aromatic rings. The summed E-state index contributed by atoms with van der Waals surface area (Å²) in [6.45, 7) is 1.29. The summed E-state index contributed by atoms with van der Waals surface area (Å²) in [6.07, 6.45) is 8.41. The highest BCUT2D eigenvalue weighted by Crippen LogP contribution is 2.30. The van der Waals surface area contributed by atoms with Crippen LogP contribution in [-0.2, 0) is 10.5 Å². The first kappa shape index (κ1) is 24.8. The summed E-state index contributed by atoms with van der Waals surface area (Å²) in [4.78, 5) is 24.5. The summed E-state index contributed by atoms with van der Waals surface area (Å²) >= 11 is 1.53. The summed E-state index contributed by atoms with van der Waals surface area (Å²) in [5, 5.41) is 3.61. The molecule has 5 rings (SSSR count). The van der Waals surface area contributed by atoms with E-state index in [9.17, 15) is 4.79 Å². The van der Waals surface area contributed by atoms with Crippen molar-refractivity contribution in [2.45, 2.75) is 68.0 Å². The maximum atomic E-state index is 12.5. The van der Waals surface area contributed by atoms with E-state index in [1.165, 1.54) is 43.9 Å². The predicted molar refractivity (Wildman–Crippen MR) is 142 cm³/mol. The minimum Gasteiger partial charge on any atom is -0.455 e. The number of amides is 1. The molecule has 2 fully saturated rings. The minimum atomic E-state index is -0.208. The molecule has 1 saturated carbocycles. The normalized spacial score (nSPS) is 18.3. The van der Waals surface area contributed by atoms with Crippen molar-refractivity contribution < 1.29 is 13.9 Å². The fourth-order valence-electron chi connectivity index (χ4n) is 4.88. The van der Waals surface area contributed by atoms with Crippen LogP contribution >= 0.6 is 11.8 Å². The summed E-state index contributed by atoms with van der Waals surface area (Å²) in [7, 11) is 2.15. The SMILES string of the molecule is CN(c1cc(-c2ccccc2)nc(SCc2ccc(C(=O)NCC3CCCO3)o2)n1)C1CCCCC1. The third-order valence-corrected chi connectivity index (χ3v) is 7.86. The number of furan rings is 1. The van der Waals surface area contributed by atoms with Crippen LogP contribution in [0.25, 0.3) is 11.3 Å². The molecule has 2 aliphatic rings. The van der Waals surface area contributed by atoms with Crippen molar-refractivity contribution in [1.82, 2.24) is 15.3 Å². The van der Waals surface area contributed by atoms with Gasteiger partial charge >= 0.3 is 0 Å². The molecule has 1 amide bonds. The van der Waals surface area contributed by atoms with Crippen LogP contribution in [0, 0.1) is 0 Å². The summed E-state index contributed by atoms with van der Waals surface area (Å²) in [6, 6.07) is 16.4. The summed E-state index contributed by atoms with van der Waals surface area (Å²) in [5.41, 5.74) is 1.99. The van der Waals surface area contributed by atoms with Crippen molar-refractivity contribution in [3.05, 3.63) is 60.1 Å². The van der Waals surface area contributed by atoms with Crippen molar-refractivity contribution in [1.29, 1.82) is 0 Å². The number of aromatic nitrogens is 2.